The zero-order valence-electron chi connectivity index (χ0n) is 9.28. The third-order valence-electron chi connectivity index (χ3n) is 1.93. The van der Waals surface area contributed by atoms with Gasteiger partial charge in [0.25, 0.3) is 0 Å². The number of nitrogens with zero attached hydrogens (tertiary/aromatic N) is 1. The molecule has 0 saturated carbocycles. The van der Waals surface area contributed by atoms with Crippen LogP contribution in [0.5, 0.6) is 5.75 Å². The van der Waals surface area contributed by atoms with Crippen molar-refractivity contribution >= 4 is 5.91 Å². The van der Waals surface area contributed by atoms with E-state index in [4.69, 9.17) is 4.74 Å². The number of carbonyl (C=O) groups excluding carboxylic acids is 1. The fourth-order valence-electron chi connectivity index (χ4n) is 1.31. The predicted molar refractivity (Wildman–Crippen MR) is 58.3 cm³/mol. The van der Waals surface area contributed by atoms with Crippen LogP contribution in [-0.2, 0) is 11.3 Å². The van der Waals surface area contributed by atoms with Crippen molar-refractivity contribution in [2.45, 2.75) is 13.5 Å². The van der Waals surface area contributed by atoms with Crippen LogP contribution in [-0.4, -0.2) is 25.1 Å². The van der Waals surface area contributed by atoms with Gasteiger partial charge in [0.15, 0.2) is 0 Å². The van der Waals surface area contributed by atoms with Gasteiger partial charge in [-0.2, -0.15) is 0 Å². The molecule has 1 amide bonds. The summed E-state index contributed by atoms with van der Waals surface area (Å²) in [5.41, 5.74) is 3.80. The molecular formula is C11H16N2O2. The molecule has 0 aliphatic carbocycles. The summed E-state index contributed by atoms with van der Waals surface area (Å²) in [5, 5.41) is 1.74. The lowest BCUT2D eigenvalue weighted by Gasteiger charge is -2.16. The van der Waals surface area contributed by atoms with Crippen molar-refractivity contribution in [1.82, 2.24) is 10.4 Å². The molecule has 0 unspecified atom stereocenters. The minimum atomic E-state index is -0.0639. The van der Waals surface area contributed by atoms with Crippen molar-refractivity contribution in [3.8, 4) is 5.75 Å². The standard InChI is InChI=1S/C11H16N2O2/c1-9(14)12-13(2)8-10-4-6-11(15-3)7-5-10/h4-7H,8H2,1-3H3,(H,12,14). The monoisotopic (exact) mass is 208 g/mol. The molecule has 82 valence electrons. The highest BCUT2D eigenvalue weighted by Crippen LogP contribution is 2.11. The van der Waals surface area contributed by atoms with Crippen LogP contribution in [0, 0.1) is 0 Å². The van der Waals surface area contributed by atoms with Gasteiger partial charge in [0, 0.05) is 20.5 Å². The summed E-state index contributed by atoms with van der Waals surface area (Å²) in [7, 11) is 3.46. The number of amides is 1. The van der Waals surface area contributed by atoms with E-state index in [1.54, 1.807) is 12.1 Å². The summed E-state index contributed by atoms with van der Waals surface area (Å²) in [6.45, 7) is 2.16. The molecular weight excluding hydrogens is 192 g/mol. The highest BCUT2D eigenvalue weighted by molar-refractivity contribution is 5.72. The molecule has 0 aliphatic rings. The second-order valence-corrected chi connectivity index (χ2v) is 3.37. The van der Waals surface area contributed by atoms with E-state index in [0.29, 0.717) is 6.54 Å². The number of hydrogen-bond acceptors (Lipinski definition) is 3. The van der Waals surface area contributed by atoms with E-state index in [0.717, 1.165) is 11.3 Å². The van der Waals surface area contributed by atoms with E-state index in [-0.39, 0.29) is 5.91 Å². The van der Waals surface area contributed by atoms with Crippen molar-refractivity contribution in [2.75, 3.05) is 14.2 Å². The smallest absolute Gasteiger partial charge is 0.231 e. The molecule has 0 radical (unpaired) electrons. The number of hydrogen-bond donors (Lipinski definition) is 1. The molecule has 1 aromatic rings. The first-order valence-electron chi connectivity index (χ1n) is 4.73. The first kappa shape index (κ1) is 11.5. The minimum absolute atomic E-state index is 0.0639. The number of rotatable bonds is 4. The normalized spacial score (nSPS) is 10.1. The molecule has 4 heteroatoms. The highest BCUT2D eigenvalue weighted by Gasteiger charge is 2.01. The molecule has 4 nitrogen and oxygen atoms in total. The molecule has 1 rings (SSSR count). The van der Waals surface area contributed by atoms with Gasteiger partial charge in [-0.1, -0.05) is 12.1 Å². The fraction of sp³-hybridized carbons (Fsp3) is 0.364. The number of methoxy groups -OCH3 is 1. The Hall–Kier alpha value is -1.55. The molecule has 0 bridgehead atoms. The van der Waals surface area contributed by atoms with Crippen LogP contribution in [0.25, 0.3) is 0 Å². The van der Waals surface area contributed by atoms with Gasteiger partial charge < -0.3 is 4.74 Å². The zero-order valence-corrected chi connectivity index (χ0v) is 9.28. The molecule has 1 N–H and O–H groups in total. The topological polar surface area (TPSA) is 41.6 Å². The van der Waals surface area contributed by atoms with Crippen molar-refractivity contribution in [2.24, 2.45) is 0 Å². The van der Waals surface area contributed by atoms with Gasteiger partial charge in [-0.25, -0.2) is 5.01 Å². The number of carbonyl (C=O) groups is 1. The van der Waals surface area contributed by atoms with E-state index in [9.17, 15) is 4.79 Å². The van der Waals surface area contributed by atoms with Crippen LogP contribution < -0.4 is 10.2 Å². The van der Waals surface area contributed by atoms with Gasteiger partial charge in [0.1, 0.15) is 5.75 Å². The molecule has 0 aliphatic heterocycles. The highest BCUT2D eigenvalue weighted by atomic mass is 16.5. The molecule has 15 heavy (non-hydrogen) atoms. The Kier molecular flexibility index (Phi) is 4.12. The second-order valence-electron chi connectivity index (χ2n) is 3.37. The maximum absolute atomic E-state index is 10.8. The summed E-state index contributed by atoms with van der Waals surface area (Å²) in [4.78, 5) is 10.8. The zero-order chi connectivity index (χ0) is 11.3. The first-order valence-corrected chi connectivity index (χ1v) is 4.73. The lowest BCUT2D eigenvalue weighted by atomic mass is 10.2. The number of hydrazine groups is 1. The Morgan fingerprint density at radius 3 is 2.47 bits per heavy atom. The summed E-state index contributed by atoms with van der Waals surface area (Å²) >= 11 is 0. The fourth-order valence-corrected chi connectivity index (χ4v) is 1.31. The molecule has 0 fully saturated rings. The SMILES string of the molecule is COc1ccc(CN(C)NC(C)=O)cc1. The Balaban J connectivity index is 2.53. The predicted octanol–water partition coefficient (Wildman–Crippen LogP) is 1.18. The average Bonchev–Trinajstić information content (AvgIpc) is 2.17. The Morgan fingerprint density at radius 1 is 1.40 bits per heavy atom. The molecule has 0 saturated heterocycles. The number of nitrogens with one attached hydrogen (secondary N) is 1. The lowest BCUT2D eigenvalue weighted by Crippen LogP contribution is -2.37. The Morgan fingerprint density at radius 2 is 2.00 bits per heavy atom. The van der Waals surface area contributed by atoms with Crippen molar-refractivity contribution in [3.05, 3.63) is 29.8 Å². The second kappa shape index (κ2) is 5.36. The van der Waals surface area contributed by atoms with Crippen LogP contribution >= 0.6 is 0 Å². The van der Waals surface area contributed by atoms with Gasteiger partial charge in [0.2, 0.25) is 5.91 Å². The van der Waals surface area contributed by atoms with Gasteiger partial charge in [-0.05, 0) is 17.7 Å². The van der Waals surface area contributed by atoms with Crippen LogP contribution in [0.2, 0.25) is 0 Å². The summed E-state index contributed by atoms with van der Waals surface area (Å²) in [6.07, 6.45) is 0. The lowest BCUT2D eigenvalue weighted by molar-refractivity contribution is -0.123. The van der Waals surface area contributed by atoms with E-state index in [1.165, 1.54) is 6.92 Å². The van der Waals surface area contributed by atoms with Gasteiger partial charge in [-0.3, -0.25) is 10.2 Å². The average molecular weight is 208 g/mol. The third-order valence-corrected chi connectivity index (χ3v) is 1.93. The number of ether oxygens (including phenoxy) is 1. The first-order chi connectivity index (χ1) is 7.11. The van der Waals surface area contributed by atoms with E-state index >= 15 is 0 Å². The van der Waals surface area contributed by atoms with Crippen molar-refractivity contribution < 1.29 is 9.53 Å². The molecule has 1 aromatic carbocycles. The molecule has 0 aromatic heterocycles. The Bertz CT molecular complexity index is 322. The number of benzene rings is 1. The molecule has 0 heterocycles. The summed E-state index contributed by atoms with van der Waals surface area (Å²) < 4.78 is 5.06. The molecule has 0 atom stereocenters. The molecule has 0 spiro atoms. The van der Waals surface area contributed by atoms with Crippen molar-refractivity contribution in [3.63, 3.8) is 0 Å². The van der Waals surface area contributed by atoms with E-state index in [2.05, 4.69) is 5.43 Å². The van der Waals surface area contributed by atoms with Crippen LogP contribution in [0.4, 0.5) is 0 Å². The maximum atomic E-state index is 10.8. The van der Waals surface area contributed by atoms with E-state index in [1.807, 2.05) is 31.3 Å². The van der Waals surface area contributed by atoms with Gasteiger partial charge >= 0.3 is 0 Å². The maximum Gasteiger partial charge on any atom is 0.231 e. The van der Waals surface area contributed by atoms with Crippen molar-refractivity contribution in [1.29, 1.82) is 0 Å². The summed E-state index contributed by atoms with van der Waals surface area (Å²) in [6, 6.07) is 7.74. The quantitative estimate of drug-likeness (QED) is 0.755. The van der Waals surface area contributed by atoms with Crippen LogP contribution in [0.3, 0.4) is 0 Å². The van der Waals surface area contributed by atoms with Gasteiger partial charge in [0.05, 0.1) is 7.11 Å². The van der Waals surface area contributed by atoms with Crippen LogP contribution in [0.1, 0.15) is 12.5 Å². The van der Waals surface area contributed by atoms with Crippen LogP contribution in [0.15, 0.2) is 24.3 Å². The summed E-state index contributed by atoms with van der Waals surface area (Å²) in [5.74, 6) is 0.770. The van der Waals surface area contributed by atoms with Gasteiger partial charge in [-0.15, -0.1) is 0 Å². The largest absolute Gasteiger partial charge is 0.497 e. The minimum Gasteiger partial charge on any atom is -0.497 e. The van der Waals surface area contributed by atoms with E-state index < -0.39 is 0 Å². The third kappa shape index (κ3) is 3.99. The Labute approximate surface area is 89.8 Å².